The van der Waals surface area contributed by atoms with E-state index in [0.29, 0.717) is 23.7 Å². The number of ether oxygens (including phenoxy) is 1. The fourth-order valence-corrected chi connectivity index (χ4v) is 5.23. The van der Waals surface area contributed by atoms with E-state index in [0.717, 1.165) is 37.9 Å². The molecule has 154 valence electrons. The van der Waals surface area contributed by atoms with Gasteiger partial charge in [-0.1, -0.05) is 18.2 Å². The number of piperazine rings is 1. The van der Waals surface area contributed by atoms with Gasteiger partial charge in [-0.05, 0) is 50.8 Å². The van der Waals surface area contributed by atoms with E-state index in [1.54, 1.807) is 0 Å². The van der Waals surface area contributed by atoms with Crippen molar-refractivity contribution in [3.8, 4) is 0 Å². The summed E-state index contributed by atoms with van der Waals surface area (Å²) in [6, 6.07) is 10.1. The maximum atomic E-state index is 12.9. The quantitative estimate of drug-likeness (QED) is 0.765. The maximum Gasteiger partial charge on any atom is 0.341 e. The molecule has 0 saturated carbocycles. The number of carbonyl (C=O) groups excluding carboxylic acids is 2. The molecule has 1 aromatic heterocycles. The van der Waals surface area contributed by atoms with Crippen molar-refractivity contribution in [3.05, 3.63) is 46.3 Å². The molecule has 29 heavy (non-hydrogen) atoms. The van der Waals surface area contributed by atoms with Crippen LogP contribution in [0.1, 0.15) is 41.1 Å². The molecular formula is C22H27N3O3S. The molecule has 2 aromatic rings. The molecule has 1 aliphatic carbocycles. The topological polar surface area (TPSA) is 61.9 Å². The number of rotatable bonds is 4. The van der Waals surface area contributed by atoms with Crippen molar-refractivity contribution in [1.29, 1.82) is 0 Å². The zero-order valence-electron chi connectivity index (χ0n) is 16.9. The fraction of sp³-hybridized carbons (Fsp3) is 0.455. The van der Waals surface area contributed by atoms with Crippen LogP contribution in [0.15, 0.2) is 30.3 Å². The summed E-state index contributed by atoms with van der Waals surface area (Å²) in [5.41, 5.74) is 2.80. The molecule has 1 aromatic carbocycles. The van der Waals surface area contributed by atoms with Crippen LogP contribution >= 0.6 is 11.3 Å². The van der Waals surface area contributed by atoms with Crippen molar-refractivity contribution in [3.63, 3.8) is 0 Å². The SMILES string of the molecule is CC(C)OC(=O)c1c(NC(=O)N2CCN(c3ccccc3)CC2)sc2c1CCC2. The van der Waals surface area contributed by atoms with Crippen LogP contribution in [-0.2, 0) is 17.6 Å². The van der Waals surface area contributed by atoms with Crippen LogP contribution in [0.5, 0.6) is 0 Å². The summed E-state index contributed by atoms with van der Waals surface area (Å²) in [5.74, 6) is -0.330. The minimum absolute atomic E-state index is 0.142. The van der Waals surface area contributed by atoms with Crippen LogP contribution < -0.4 is 10.2 Å². The number of thiophene rings is 1. The number of hydrogen-bond acceptors (Lipinski definition) is 5. The van der Waals surface area contributed by atoms with Gasteiger partial charge in [0.15, 0.2) is 0 Å². The monoisotopic (exact) mass is 413 g/mol. The van der Waals surface area contributed by atoms with Gasteiger partial charge >= 0.3 is 12.0 Å². The second-order valence-corrected chi connectivity index (χ2v) is 8.86. The third kappa shape index (κ3) is 4.24. The van der Waals surface area contributed by atoms with Gasteiger partial charge in [-0.2, -0.15) is 0 Å². The van der Waals surface area contributed by atoms with E-state index in [4.69, 9.17) is 4.74 Å². The van der Waals surface area contributed by atoms with Crippen molar-refractivity contribution >= 4 is 34.0 Å². The lowest BCUT2D eigenvalue weighted by molar-refractivity contribution is 0.0378. The molecule has 0 bridgehead atoms. The number of amides is 2. The first-order valence-electron chi connectivity index (χ1n) is 10.2. The summed E-state index contributed by atoms with van der Waals surface area (Å²) in [4.78, 5) is 30.9. The van der Waals surface area contributed by atoms with Gasteiger partial charge in [0.2, 0.25) is 0 Å². The number of esters is 1. The van der Waals surface area contributed by atoms with Crippen LogP contribution in [-0.4, -0.2) is 49.2 Å². The lowest BCUT2D eigenvalue weighted by Gasteiger charge is -2.36. The van der Waals surface area contributed by atoms with Crippen molar-refractivity contribution in [1.82, 2.24) is 4.90 Å². The molecule has 1 N–H and O–H groups in total. The summed E-state index contributed by atoms with van der Waals surface area (Å²) in [6.07, 6.45) is 2.71. The molecule has 1 aliphatic heterocycles. The van der Waals surface area contributed by atoms with Crippen molar-refractivity contribution < 1.29 is 14.3 Å². The van der Waals surface area contributed by atoms with Crippen molar-refractivity contribution in [2.45, 2.75) is 39.2 Å². The fourth-order valence-electron chi connectivity index (χ4n) is 3.96. The zero-order chi connectivity index (χ0) is 20.4. The van der Waals surface area contributed by atoms with E-state index in [2.05, 4.69) is 22.3 Å². The van der Waals surface area contributed by atoms with Crippen LogP contribution in [0.4, 0.5) is 15.5 Å². The largest absolute Gasteiger partial charge is 0.459 e. The molecular weight excluding hydrogens is 386 g/mol. The Balaban J connectivity index is 1.43. The number of urea groups is 1. The highest BCUT2D eigenvalue weighted by Crippen LogP contribution is 2.39. The van der Waals surface area contributed by atoms with E-state index >= 15 is 0 Å². The minimum atomic E-state index is -0.330. The smallest absolute Gasteiger partial charge is 0.341 e. The Morgan fingerprint density at radius 1 is 1.07 bits per heavy atom. The Bertz CT molecular complexity index is 886. The number of anilines is 2. The van der Waals surface area contributed by atoms with E-state index in [1.165, 1.54) is 21.9 Å². The number of hydrogen-bond donors (Lipinski definition) is 1. The van der Waals surface area contributed by atoms with Gasteiger partial charge in [0, 0.05) is 36.7 Å². The van der Waals surface area contributed by atoms with E-state index < -0.39 is 0 Å². The number of nitrogens with zero attached hydrogens (tertiary/aromatic N) is 2. The number of aryl methyl sites for hydroxylation is 1. The predicted octanol–water partition coefficient (Wildman–Crippen LogP) is 4.16. The van der Waals surface area contributed by atoms with Gasteiger partial charge < -0.3 is 14.5 Å². The Kier molecular flexibility index (Phi) is 5.76. The summed E-state index contributed by atoms with van der Waals surface area (Å²) in [6.45, 7) is 6.57. The first-order chi connectivity index (χ1) is 14.0. The van der Waals surface area contributed by atoms with Crippen LogP contribution in [0.25, 0.3) is 0 Å². The van der Waals surface area contributed by atoms with E-state index in [1.807, 2.05) is 36.9 Å². The van der Waals surface area contributed by atoms with Crippen molar-refractivity contribution in [2.75, 3.05) is 36.4 Å². The van der Waals surface area contributed by atoms with Gasteiger partial charge in [0.25, 0.3) is 0 Å². The van der Waals surface area contributed by atoms with Gasteiger partial charge in [0.05, 0.1) is 11.7 Å². The average molecular weight is 414 g/mol. The molecule has 2 amide bonds. The van der Waals surface area contributed by atoms with Crippen molar-refractivity contribution in [2.24, 2.45) is 0 Å². The second kappa shape index (κ2) is 8.45. The lowest BCUT2D eigenvalue weighted by Crippen LogP contribution is -2.50. The zero-order valence-corrected chi connectivity index (χ0v) is 17.8. The van der Waals surface area contributed by atoms with Crippen LogP contribution in [0, 0.1) is 0 Å². The first kappa shape index (κ1) is 19.8. The molecule has 0 atom stereocenters. The molecule has 0 radical (unpaired) electrons. The number of para-hydroxylation sites is 1. The molecule has 2 aliphatic rings. The van der Waals surface area contributed by atoms with E-state index in [-0.39, 0.29) is 18.1 Å². The Morgan fingerprint density at radius 2 is 1.79 bits per heavy atom. The molecule has 0 spiro atoms. The third-order valence-corrected chi connectivity index (χ3v) is 6.58. The molecule has 4 rings (SSSR count). The standard InChI is InChI=1S/C22H27N3O3S/c1-15(2)28-21(26)19-17-9-6-10-18(17)29-20(19)23-22(27)25-13-11-24(12-14-25)16-7-4-3-5-8-16/h3-5,7-8,15H,6,9-14H2,1-2H3,(H,23,27). The molecule has 7 heteroatoms. The first-order valence-corrected chi connectivity index (χ1v) is 11.1. The van der Waals surface area contributed by atoms with Gasteiger partial charge in [-0.15, -0.1) is 11.3 Å². The highest BCUT2D eigenvalue weighted by atomic mass is 32.1. The number of benzene rings is 1. The highest BCUT2D eigenvalue weighted by molar-refractivity contribution is 7.17. The second-order valence-electron chi connectivity index (χ2n) is 7.76. The molecule has 0 unspecified atom stereocenters. The number of nitrogens with one attached hydrogen (secondary N) is 1. The predicted molar refractivity (Wildman–Crippen MR) is 116 cm³/mol. The normalized spacial score (nSPS) is 16.1. The number of carbonyl (C=O) groups is 2. The van der Waals surface area contributed by atoms with Gasteiger partial charge in [0.1, 0.15) is 5.00 Å². The Labute approximate surface area is 175 Å². The average Bonchev–Trinajstić information content (AvgIpc) is 3.29. The van der Waals surface area contributed by atoms with E-state index in [9.17, 15) is 9.59 Å². The summed E-state index contributed by atoms with van der Waals surface area (Å²) < 4.78 is 5.45. The minimum Gasteiger partial charge on any atom is -0.459 e. The summed E-state index contributed by atoms with van der Waals surface area (Å²) >= 11 is 1.52. The number of fused-ring (bicyclic) bond motifs is 1. The molecule has 6 nitrogen and oxygen atoms in total. The van der Waals surface area contributed by atoms with Crippen LogP contribution in [0.3, 0.4) is 0 Å². The third-order valence-electron chi connectivity index (χ3n) is 5.38. The van der Waals surface area contributed by atoms with Gasteiger partial charge in [-0.25, -0.2) is 9.59 Å². The highest BCUT2D eigenvalue weighted by Gasteiger charge is 2.30. The molecule has 1 saturated heterocycles. The van der Waals surface area contributed by atoms with Gasteiger partial charge in [-0.3, -0.25) is 5.32 Å². The lowest BCUT2D eigenvalue weighted by atomic mass is 10.1. The Hall–Kier alpha value is -2.54. The Morgan fingerprint density at radius 3 is 2.48 bits per heavy atom. The summed E-state index contributed by atoms with van der Waals surface area (Å²) in [5, 5.41) is 3.64. The summed E-state index contributed by atoms with van der Waals surface area (Å²) in [7, 11) is 0. The molecule has 1 fully saturated rings. The van der Waals surface area contributed by atoms with Crippen LogP contribution in [0.2, 0.25) is 0 Å². The maximum absolute atomic E-state index is 12.9. The molecule has 2 heterocycles.